The van der Waals surface area contributed by atoms with Gasteiger partial charge in [-0.1, -0.05) is 0 Å². The van der Waals surface area contributed by atoms with Crippen molar-refractivity contribution < 1.29 is 5.11 Å². The molecular formula is C8H18N2O. The monoisotopic (exact) mass is 158 g/mol. The predicted molar refractivity (Wildman–Crippen MR) is 45.6 cm³/mol. The Hall–Kier alpha value is -0.120. The lowest BCUT2D eigenvalue weighted by molar-refractivity contribution is 0.202. The number of hydrogen-bond acceptors (Lipinski definition) is 3. The molecule has 0 aliphatic carbocycles. The van der Waals surface area contributed by atoms with Crippen LogP contribution in [0.4, 0.5) is 0 Å². The van der Waals surface area contributed by atoms with Gasteiger partial charge in [-0.25, -0.2) is 0 Å². The summed E-state index contributed by atoms with van der Waals surface area (Å²) in [5, 5.41) is 15.4. The lowest BCUT2D eigenvalue weighted by Gasteiger charge is -2.36. The van der Waals surface area contributed by atoms with Gasteiger partial charge in [-0.2, -0.15) is 0 Å². The number of hydrogen-bond donors (Lipinski definition) is 3. The lowest BCUT2D eigenvalue weighted by atomic mass is 9.98. The second kappa shape index (κ2) is 3.52. The first kappa shape index (κ1) is 8.97. The molecule has 66 valence electrons. The summed E-state index contributed by atoms with van der Waals surface area (Å²) in [5.41, 5.74) is 0.0848. The molecule has 0 unspecified atom stereocenters. The minimum absolute atomic E-state index is 0.0848. The van der Waals surface area contributed by atoms with Crippen LogP contribution in [0.25, 0.3) is 0 Å². The molecule has 3 nitrogen and oxygen atoms in total. The van der Waals surface area contributed by atoms with Crippen molar-refractivity contribution in [3.63, 3.8) is 0 Å². The Balaban J connectivity index is 2.20. The molecule has 3 heteroatoms. The fourth-order valence-corrected chi connectivity index (χ4v) is 1.30. The molecule has 0 spiro atoms. The van der Waals surface area contributed by atoms with Crippen molar-refractivity contribution in [1.29, 1.82) is 0 Å². The van der Waals surface area contributed by atoms with E-state index in [9.17, 15) is 0 Å². The van der Waals surface area contributed by atoms with Gasteiger partial charge in [-0.05, 0) is 20.3 Å². The van der Waals surface area contributed by atoms with Crippen LogP contribution in [-0.2, 0) is 0 Å². The molecule has 0 bridgehead atoms. The van der Waals surface area contributed by atoms with E-state index in [1.165, 1.54) is 0 Å². The molecule has 0 aromatic heterocycles. The van der Waals surface area contributed by atoms with Crippen molar-refractivity contribution in [2.45, 2.75) is 31.8 Å². The minimum Gasteiger partial charge on any atom is -0.396 e. The highest BCUT2D eigenvalue weighted by Crippen LogP contribution is 2.09. The molecule has 0 aromatic rings. The van der Waals surface area contributed by atoms with E-state index >= 15 is 0 Å². The Kier molecular flexibility index (Phi) is 2.87. The molecule has 1 saturated heterocycles. The van der Waals surface area contributed by atoms with Crippen molar-refractivity contribution in [2.75, 3.05) is 19.7 Å². The maximum Gasteiger partial charge on any atom is 0.0448 e. The molecule has 3 N–H and O–H groups in total. The molecule has 11 heavy (non-hydrogen) atoms. The predicted octanol–water partition coefficient (Wildman–Crippen LogP) is -0.291. The van der Waals surface area contributed by atoms with Crippen LogP contribution < -0.4 is 10.6 Å². The first-order valence-corrected chi connectivity index (χ1v) is 4.23. The fourth-order valence-electron chi connectivity index (χ4n) is 1.30. The van der Waals surface area contributed by atoms with Crippen LogP contribution >= 0.6 is 0 Å². The molecule has 1 aliphatic rings. The maximum atomic E-state index is 8.75. The molecule has 1 rings (SSSR count). The Labute approximate surface area is 68.2 Å². The van der Waals surface area contributed by atoms with Crippen LogP contribution in [0.3, 0.4) is 0 Å². The summed E-state index contributed by atoms with van der Waals surface area (Å²) in [7, 11) is 0. The number of rotatable bonds is 4. The highest BCUT2D eigenvalue weighted by molar-refractivity contribution is 4.89. The SMILES string of the molecule is CC(C)(CCO)NC1CNC1. The zero-order chi connectivity index (χ0) is 8.32. The Morgan fingerprint density at radius 1 is 1.55 bits per heavy atom. The summed E-state index contributed by atoms with van der Waals surface area (Å²) in [4.78, 5) is 0. The topological polar surface area (TPSA) is 44.3 Å². The summed E-state index contributed by atoms with van der Waals surface area (Å²) in [6.45, 7) is 6.65. The molecule has 0 amide bonds. The summed E-state index contributed by atoms with van der Waals surface area (Å²) < 4.78 is 0. The third-order valence-electron chi connectivity index (χ3n) is 2.11. The highest BCUT2D eigenvalue weighted by Gasteiger charge is 2.24. The second-order valence-corrected chi connectivity index (χ2v) is 3.86. The largest absolute Gasteiger partial charge is 0.396 e. The molecule has 1 fully saturated rings. The van der Waals surface area contributed by atoms with E-state index in [0.29, 0.717) is 6.04 Å². The van der Waals surface area contributed by atoms with E-state index in [4.69, 9.17) is 5.11 Å². The van der Waals surface area contributed by atoms with Gasteiger partial charge in [-0.3, -0.25) is 0 Å². The third-order valence-corrected chi connectivity index (χ3v) is 2.11. The average Bonchev–Trinajstić information content (AvgIpc) is 1.79. The van der Waals surface area contributed by atoms with Gasteiger partial charge in [0.05, 0.1) is 0 Å². The molecule has 1 heterocycles. The van der Waals surface area contributed by atoms with E-state index in [2.05, 4.69) is 24.5 Å². The summed E-state index contributed by atoms with van der Waals surface area (Å²) >= 11 is 0. The Morgan fingerprint density at radius 3 is 2.55 bits per heavy atom. The van der Waals surface area contributed by atoms with Gasteiger partial charge in [-0.15, -0.1) is 0 Å². The number of aliphatic hydroxyl groups is 1. The van der Waals surface area contributed by atoms with E-state index in [1.807, 2.05) is 0 Å². The van der Waals surface area contributed by atoms with Crippen LogP contribution in [0.2, 0.25) is 0 Å². The molecular weight excluding hydrogens is 140 g/mol. The zero-order valence-electron chi connectivity index (χ0n) is 7.35. The number of aliphatic hydroxyl groups excluding tert-OH is 1. The van der Waals surface area contributed by atoms with Gasteiger partial charge in [0.15, 0.2) is 0 Å². The average molecular weight is 158 g/mol. The minimum atomic E-state index is 0.0848. The van der Waals surface area contributed by atoms with Crippen molar-refractivity contribution in [2.24, 2.45) is 0 Å². The van der Waals surface area contributed by atoms with Gasteiger partial charge in [0.2, 0.25) is 0 Å². The first-order valence-electron chi connectivity index (χ1n) is 4.23. The molecule has 0 atom stereocenters. The maximum absolute atomic E-state index is 8.75. The summed E-state index contributed by atoms with van der Waals surface area (Å²) in [5.74, 6) is 0. The molecule has 0 aromatic carbocycles. The Morgan fingerprint density at radius 2 is 2.18 bits per heavy atom. The van der Waals surface area contributed by atoms with Crippen LogP contribution in [0.15, 0.2) is 0 Å². The standard InChI is InChI=1S/C8H18N2O/c1-8(2,3-4-11)10-7-5-9-6-7/h7,9-11H,3-6H2,1-2H3. The normalized spacial score (nSPS) is 19.9. The quantitative estimate of drug-likeness (QED) is 0.527. The molecule has 0 saturated carbocycles. The zero-order valence-corrected chi connectivity index (χ0v) is 7.35. The van der Waals surface area contributed by atoms with E-state index in [0.717, 1.165) is 19.5 Å². The van der Waals surface area contributed by atoms with Crippen LogP contribution in [0.1, 0.15) is 20.3 Å². The van der Waals surface area contributed by atoms with Gasteiger partial charge < -0.3 is 15.7 Å². The van der Waals surface area contributed by atoms with Crippen LogP contribution in [0, 0.1) is 0 Å². The molecule has 0 radical (unpaired) electrons. The van der Waals surface area contributed by atoms with E-state index in [-0.39, 0.29) is 12.1 Å². The van der Waals surface area contributed by atoms with Crippen LogP contribution in [0.5, 0.6) is 0 Å². The molecule has 1 aliphatic heterocycles. The number of nitrogens with one attached hydrogen (secondary N) is 2. The van der Waals surface area contributed by atoms with Gasteiger partial charge in [0.25, 0.3) is 0 Å². The van der Waals surface area contributed by atoms with Crippen molar-refractivity contribution in [1.82, 2.24) is 10.6 Å². The van der Waals surface area contributed by atoms with E-state index < -0.39 is 0 Å². The van der Waals surface area contributed by atoms with Gasteiger partial charge >= 0.3 is 0 Å². The van der Waals surface area contributed by atoms with Gasteiger partial charge in [0.1, 0.15) is 0 Å². The highest BCUT2D eigenvalue weighted by atomic mass is 16.3. The summed E-state index contributed by atoms with van der Waals surface area (Å²) in [6.07, 6.45) is 0.823. The van der Waals surface area contributed by atoms with Crippen molar-refractivity contribution in [3.8, 4) is 0 Å². The van der Waals surface area contributed by atoms with Crippen molar-refractivity contribution in [3.05, 3.63) is 0 Å². The second-order valence-electron chi connectivity index (χ2n) is 3.86. The lowest BCUT2D eigenvalue weighted by Crippen LogP contribution is -2.61. The van der Waals surface area contributed by atoms with E-state index in [1.54, 1.807) is 0 Å². The smallest absolute Gasteiger partial charge is 0.0448 e. The first-order chi connectivity index (χ1) is 5.14. The third kappa shape index (κ3) is 2.77. The van der Waals surface area contributed by atoms with Crippen LogP contribution in [-0.4, -0.2) is 36.4 Å². The Bertz CT molecular complexity index is 121. The summed E-state index contributed by atoms with van der Waals surface area (Å²) in [6, 6.07) is 0.608. The van der Waals surface area contributed by atoms with Gasteiger partial charge in [0, 0.05) is 31.3 Å². The van der Waals surface area contributed by atoms with Crippen molar-refractivity contribution >= 4 is 0 Å². The fraction of sp³-hybridized carbons (Fsp3) is 1.00.